The molecule has 1 fully saturated rings. The summed E-state index contributed by atoms with van der Waals surface area (Å²) in [5, 5.41) is 15.4. The van der Waals surface area contributed by atoms with E-state index in [0.29, 0.717) is 23.5 Å². The first-order chi connectivity index (χ1) is 14.6. The summed E-state index contributed by atoms with van der Waals surface area (Å²) in [5.74, 6) is 0.279. The molecule has 0 bridgehead atoms. The monoisotopic (exact) mass is 412 g/mol. The van der Waals surface area contributed by atoms with Gasteiger partial charge in [0.05, 0.1) is 26.2 Å². The van der Waals surface area contributed by atoms with E-state index in [-0.39, 0.29) is 43.2 Å². The fourth-order valence-corrected chi connectivity index (χ4v) is 4.05. The van der Waals surface area contributed by atoms with Crippen LogP contribution in [0.3, 0.4) is 0 Å². The van der Waals surface area contributed by atoms with Gasteiger partial charge in [0.2, 0.25) is 0 Å². The quantitative estimate of drug-likeness (QED) is 0.652. The highest BCUT2D eigenvalue weighted by atomic mass is 16.6. The van der Waals surface area contributed by atoms with Crippen LogP contribution in [0.15, 0.2) is 48.5 Å². The predicted molar refractivity (Wildman–Crippen MR) is 110 cm³/mol. The lowest BCUT2D eigenvalue weighted by Gasteiger charge is -2.36. The maximum Gasteiger partial charge on any atom is 0.323 e. The van der Waals surface area contributed by atoms with Gasteiger partial charge in [0.15, 0.2) is 0 Å². The first-order valence-corrected chi connectivity index (χ1v) is 9.84. The Morgan fingerprint density at radius 3 is 2.63 bits per heavy atom. The van der Waals surface area contributed by atoms with Crippen molar-refractivity contribution in [3.8, 4) is 5.75 Å². The number of carbonyl (C=O) groups excluding carboxylic acids is 2. The van der Waals surface area contributed by atoms with Crippen LogP contribution in [0.2, 0.25) is 0 Å². The van der Waals surface area contributed by atoms with Crippen molar-refractivity contribution < 1.29 is 28.9 Å². The molecule has 1 saturated heterocycles. The van der Waals surface area contributed by atoms with E-state index in [1.807, 2.05) is 24.3 Å². The van der Waals surface area contributed by atoms with Gasteiger partial charge in [-0.15, -0.1) is 0 Å². The Morgan fingerprint density at radius 2 is 1.90 bits per heavy atom. The zero-order valence-corrected chi connectivity index (χ0v) is 16.5. The zero-order chi connectivity index (χ0) is 21.1. The van der Waals surface area contributed by atoms with Crippen LogP contribution in [-0.4, -0.2) is 49.1 Å². The number of fused-ring (bicyclic) bond motifs is 3. The van der Waals surface area contributed by atoms with Crippen molar-refractivity contribution in [1.82, 2.24) is 0 Å². The number of hydrogen-bond donors (Lipinski definition) is 3. The minimum atomic E-state index is -0.538. The van der Waals surface area contributed by atoms with Crippen LogP contribution >= 0.6 is 0 Å². The molecular formula is C22H24N2O6. The smallest absolute Gasteiger partial charge is 0.323 e. The molecule has 0 aliphatic carbocycles. The van der Waals surface area contributed by atoms with E-state index >= 15 is 0 Å². The molecule has 158 valence electrons. The van der Waals surface area contributed by atoms with Gasteiger partial charge < -0.3 is 30.0 Å². The molecule has 8 heteroatoms. The summed E-state index contributed by atoms with van der Waals surface area (Å²) in [7, 11) is 1.34. The van der Waals surface area contributed by atoms with E-state index in [4.69, 9.17) is 14.2 Å². The van der Waals surface area contributed by atoms with Crippen molar-refractivity contribution in [3.05, 3.63) is 54.1 Å². The molecule has 0 aromatic heterocycles. The van der Waals surface area contributed by atoms with Gasteiger partial charge in [-0.2, -0.15) is 0 Å². The van der Waals surface area contributed by atoms with Crippen LogP contribution in [0.4, 0.5) is 16.2 Å². The number of esters is 1. The van der Waals surface area contributed by atoms with E-state index in [1.54, 1.807) is 24.3 Å². The normalized spacial score (nSPS) is 24.2. The molecule has 3 N–H and O–H groups in total. The van der Waals surface area contributed by atoms with Gasteiger partial charge in [-0.25, -0.2) is 4.79 Å². The number of carbonyl (C=O) groups is 2. The van der Waals surface area contributed by atoms with Crippen molar-refractivity contribution in [2.75, 3.05) is 24.4 Å². The standard InChI is InChI=1S/C22H24N2O6/c1-28-20(26)11-15-10-17-16-9-14(24-22(27)23-13-5-3-2-4-6-13)7-8-18(16)30-21(17)19(12-25)29-15/h2-9,15,17,19,21,25H,10-12H2,1H3,(H2,23,24,27)/t15-,17-,19+,21+/m1/s1. The molecule has 2 aromatic rings. The van der Waals surface area contributed by atoms with Crippen LogP contribution in [0.1, 0.15) is 24.3 Å². The van der Waals surface area contributed by atoms with Crippen LogP contribution < -0.4 is 15.4 Å². The van der Waals surface area contributed by atoms with Crippen molar-refractivity contribution in [2.24, 2.45) is 0 Å². The largest absolute Gasteiger partial charge is 0.487 e. The maximum absolute atomic E-state index is 12.3. The van der Waals surface area contributed by atoms with E-state index in [9.17, 15) is 14.7 Å². The Balaban J connectivity index is 1.49. The number of para-hydroxylation sites is 1. The second-order valence-electron chi connectivity index (χ2n) is 7.38. The lowest BCUT2D eigenvalue weighted by Crippen LogP contribution is -2.46. The highest BCUT2D eigenvalue weighted by Gasteiger charge is 2.46. The second kappa shape index (κ2) is 8.73. The number of rotatable bonds is 5. The number of anilines is 2. The van der Waals surface area contributed by atoms with E-state index < -0.39 is 6.10 Å². The Morgan fingerprint density at radius 1 is 1.13 bits per heavy atom. The second-order valence-corrected chi connectivity index (χ2v) is 7.38. The number of ether oxygens (including phenoxy) is 3. The summed E-state index contributed by atoms with van der Waals surface area (Å²) >= 11 is 0. The van der Waals surface area contributed by atoms with Gasteiger partial charge in [-0.3, -0.25) is 4.79 Å². The third kappa shape index (κ3) is 4.24. The topological polar surface area (TPSA) is 106 Å². The fourth-order valence-electron chi connectivity index (χ4n) is 4.05. The van der Waals surface area contributed by atoms with Gasteiger partial charge in [-0.05, 0) is 36.8 Å². The number of aliphatic hydroxyl groups excluding tert-OH is 1. The molecule has 0 unspecified atom stereocenters. The van der Waals surface area contributed by atoms with Gasteiger partial charge in [0.1, 0.15) is 18.0 Å². The van der Waals surface area contributed by atoms with Crippen molar-refractivity contribution >= 4 is 23.4 Å². The molecule has 30 heavy (non-hydrogen) atoms. The molecule has 4 atom stereocenters. The van der Waals surface area contributed by atoms with Gasteiger partial charge in [0, 0.05) is 22.9 Å². The van der Waals surface area contributed by atoms with E-state index in [0.717, 1.165) is 5.56 Å². The average Bonchev–Trinajstić information content (AvgIpc) is 3.11. The third-order valence-electron chi connectivity index (χ3n) is 5.41. The first-order valence-electron chi connectivity index (χ1n) is 9.84. The molecule has 0 saturated carbocycles. The summed E-state index contributed by atoms with van der Waals surface area (Å²) in [5.41, 5.74) is 2.25. The number of urea groups is 1. The first kappa shape index (κ1) is 20.2. The number of methoxy groups -OCH3 is 1. The minimum absolute atomic E-state index is 0.0560. The molecule has 2 heterocycles. The molecule has 2 aromatic carbocycles. The SMILES string of the molecule is COC(=O)C[C@H]1C[C@@H]2c3cc(NC(=O)Nc4ccccc4)ccc3O[C@@H]2[C@H](CO)O1. The van der Waals surface area contributed by atoms with Crippen molar-refractivity contribution in [3.63, 3.8) is 0 Å². The summed E-state index contributed by atoms with van der Waals surface area (Å²) < 4.78 is 16.6. The third-order valence-corrected chi connectivity index (χ3v) is 5.41. The molecule has 2 amide bonds. The Labute approximate surface area is 174 Å². The summed E-state index contributed by atoms with van der Waals surface area (Å²) in [6, 6.07) is 14.3. The molecule has 2 aliphatic rings. The number of nitrogens with one attached hydrogen (secondary N) is 2. The van der Waals surface area contributed by atoms with Crippen LogP contribution in [0.25, 0.3) is 0 Å². The molecule has 0 spiro atoms. The lowest BCUT2D eigenvalue weighted by molar-refractivity contribution is -0.156. The van der Waals surface area contributed by atoms with Crippen molar-refractivity contribution in [1.29, 1.82) is 0 Å². The highest BCUT2D eigenvalue weighted by Crippen LogP contribution is 2.47. The number of amides is 2. The van der Waals surface area contributed by atoms with Crippen LogP contribution in [-0.2, 0) is 14.3 Å². The van der Waals surface area contributed by atoms with Gasteiger partial charge in [-0.1, -0.05) is 18.2 Å². The van der Waals surface area contributed by atoms with Crippen LogP contribution in [0.5, 0.6) is 5.75 Å². The number of aliphatic hydroxyl groups is 1. The molecule has 0 radical (unpaired) electrons. The van der Waals surface area contributed by atoms with Gasteiger partial charge >= 0.3 is 12.0 Å². The Kier molecular flexibility index (Phi) is 5.87. The maximum atomic E-state index is 12.3. The van der Waals surface area contributed by atoms with E-state index in [2.05, 4.69) is 10.6 Å². The average molecular weight is 412 g/mol. The van der Waals surface area contributed by atoms with E-state index in [1.165, 1.54) is 7.11 Å². The zero-order valence-electron chi connectivity index (χ0n) is 16.5. The predicted octanol–water partition coefficient (Wildman–Crippen LogP) is 2.89. The van der Waals surface area contributed by atoms with Crippen molar-refractivity contribution in [2.45, 2.75) is 37.1 Å². The van der Waals surface area contributed by atoms with Crippen LogP contribution in [0, 0.1) is 0 Å². The summed E-state index contributed by atoms with van der Waals surface area (Å²) in [6.45, 7) is -0.211. The highest BCUT2D eigenvalue weighted by molar-refractivity contribution is 5.99. The summed E-state index contributed by atoms with van der Waals surface area (Å²) in [6.07, 6.45) is -0.578. The lowest BCUT2D eigenvalue weighted by atomic mass is 9.84. The summed E-state index contributed by atoms with van der Waals surface area (Å²) in [4.78, 5) is 24.0. The molecule has 2 aliphatic heterocycles. The molecule has 4 rings (SSSR count). The Bertz CT molecular complexity index is 919. The fraction of sp³-hybridized carbons (Fsp3) is 0.364. The Hall–Kier alpha value is -3.10. The molecule has 8 nitrogen and oxygen atoms in total. The minimum Gasteiger partial charge on any atom is -0.487 e. The molecular weight excluding hydrogens is 388 g/mol. The van der Waals surface area contributed by atoms with Gasteiger partial charge in [0.25, 0.3) is 0 Å². The number of benzene rings is 2. The number of hydrogen-bond acceptors (Lipinski definition) is 6.